The highest BCUT2D eigenvalue weighted by molar-refractivity contribution is 6.02. The molecule has 0 saturated carbocycles. The van der Waals surface area contributed by atoms with Gasteiger partial charge in [0.2, 0.25) is 5.91 Å². The first-order chi connectivity index (χ1) is 16.4. The van der Waals surface area contributed by atoms with E-state index in [0.717, 1.165) is 11.3 Å². The third-order valence-corrected chi connectivity index (χ3v) is 5.50. The van der Waals surface area contributed by atoms with Crippen LogP contribution in [0, 0.1) is 5.41 Å². The van der Waals surface area contributed by atoms with Crippen LogP contribution in [0.5, 0.6) is 0 Å². The first-order valence-electron chi connectivity index (χ1n) is 10.7. The minimum atomic E-state index is -1.05. The number of amides is 1. The summed E-state index contributed by atoms with van der Waals surface area (Å²) in [5.41, 5.74) is 8.92. The summed E-state index contributed by atoms with van der Waals surface area (Å²) >= 11 is 0. The van der Waals surface area contributed by atoms with Crippen LogP contribution in [0.15, 0.2) is 72.1 Å². The fourth-order valence-corrected chi connectivity index (χ4v) is 3.63. The molecule has 0 saturated heterocycles. The van der Waals surface area contributed by atoms with Crippen LogP contribution in [0.1, 0.15) is 35.4 Å². The quantitative estimate of drug-likeness (QED) is 0.283. The number of amidine groups is 1. The molecule has 0 aliphatic carbocycles. The number of aromatic nitrogens is 2. The van der Waals surface area contributed by atoms with Crippen molar-refractivity contribution in [1.82, 2.24) is 15.1 Å². The molecular formula is C24H24N6O4. The molecule has 10 nitrogen and oxygen atoms in total. The van der Waals surface area contributed by atoms with Gasteiger partial charge in [0.05, 0.1) is 24.0 Å². The van der Waals surface area contributed by atoms with Crippen molar-refractivity contribution in [3.8, 4) is 5.69 Å². The van der Waals surface area contributed by atoms with Crippen LogP contribution < -0.4 is 11.1 Å². The number of carboxylic acid groups (broad SMARTS) is 1. The third-order valence-electron chi connectivity index (χ3n) is 5.50. The lowest BCUT2D eigenvalue weighted by molar-refractivity contribution is -0.138. The van der Waals surface area contributed by atoms with Gasteiger partial charge in [-0.15, -0.1) is 0 Å². The Morgan fingerprint density at radius 1 is 1.21 bits per heavy atom. The molecule has 3 aromatic rings. The Bertz CT molecular complexity index is 1220. The Kier molecular flexibility index (Phi) is 6.67. The SMILES string of the molecule is N=C(N)c1ccc(C2=NOC(CC(=O)NC[C@@H](C(=O)O)c3cnn(-c4ccccc4)c3)C2)cc1. The number of nitrogens with one attached hydrogen (secondary N) is 2. The number of nitrogens with zero attached hydrogens (tertiary/aromatic N) is 3. The number of benzene rings is 2. The molecule has 2 atom stereocenters. The van der Waals surface area contributed by atoms with Gasteiger partial charge in [0.25, 0.3) is 0 Å². The van der Waals surface area contributed by atoms with E-state index in [9.17, 15) is 14.7 Å². The number of carboxylic acids is 1. The zero-order valence-electron chi connectivity index (χ0n) is 18.2. The Balaban J connectivity index is 1.30. The van der Waals surface area contributed by atoms with Crippen LogP contribution in [-0.2, 0) is 14.4 Å². The number of hydrogen-bond acceptors (Lipinski definition) is 6. The second-order valence-electron chi connectivity index (χ2n) is 7.91. The van der Waals surface area contributed by atoms with Gasteiger partial charge in [0.15, 0.2) is 0 Å². The van der Waals surface area contributed by atoms with E-state index >= 15 is 0 Å². The fourth-order valence-electron chi connectivity index (χ4n) is 3.63. The summed E-state index contributed by atoms with van der Waals surface area (Å²) in [7, 11) is 0. The highest BCUT2D eigenvalue weighted by Gasteiger charge is 2.27. The second kappa shape index (κ2) is 9.99. The Morgan fingerprint density at radius 2 is 1.94 bits per heavy atom. The van der Waals surface area contributed by atoms with E-state index in [4.69, 9.17) is 16.0 Å². The lowest BCUT2D eigenvalue weighted by atomic mass is 10.0. The van der Waals surface area contributed by atoms with Crippen molar-refractivity contribution in [2.75, 3.05) is 6.54 Å². The molecule has 1 unspecified atom stereocenters. The number of carbonyl (C=O) groups excluding carboxylic acids is 1. The van der Waals surface area contributed by atoms with Gasteiger partial charge in [0, 0.05) is 30.3 Å². The lowest BCUT2D eigenvalue weighted by Gasteiger charge is -2.13. The number of carbonyl (C=O) groups is 2. The van der Waals surface area contributed by atoms with Crippen LogP contribution >= 0.6 is 0 Å². The van der Waals surface area contributed by atoms with E-state index in [1.54, 1.807) is 35.1 Å². The van der Waals surface area contributed by atoms with Crippen molar-refractivity contribution >= 4 is 23.4 Å². The molecule has 5 N–H and O–H groups in total. The van der Waals surface area contributed by atoms with E-state index in [1.807, 2.05) is 30.3 Å². The number of nitrogens with two attached hydrogens (primary N) is 1. The molecule has 1 aliphatic rings. The molecule has 2 aromatic carbocycles. The Morgan fingerprint density at radius 3 is 2.62 bits per heavy atom. The average molecular weight is 460 g/mol. The summed E-state index contributed by atoms with van der Waals surface area (Å²) in [4.78, 5) is 29.7. The standard InChI is InChI=1S/C24H24N6O4/c25-23(26)16-8-6-15(7-9-16)21-10-19(34-29-21)11-22(31)27-13-20(24(32)33)17-12-28-30(14-17)18-4-2-1-3-5-18/h1-9,12,14,19-20H,10-11,13H2,(H3,25,26)(H,27,31)(H,32,33)/t19?,20-/m1/s1. The summed E-state index contributed by atoms with van der Waals surface area (Å²) in [6.45, 7) is -0.0679. The van der Waals surface area contributed by atoms with Gasteiger partial charge >= 0.3 is 5.97 Å². The number of oxime groups is 1. The van der Waals surface area contributed by atoms with Crippen molar-refractivity contribution in [1.29, 1.82) is 5.41 Å². The zero-order chi connectivity index (χ0) is 24.1. The van der Waals surface area contributed by atoms with Gasteiger partial charge in [-0.3, -0.25) is 15.0 Å². The molecule has 10 heteroatoms. The number of hydrogen-bond donors (Lipinski definition) is 4. The van der Waals surface area contributed by atoms with Gasteiger partial charge in [-0.1, -0.05) is 47.6 Å². The summed E-state index contributed by atoms with van der Waals surface area (Å²) in [6.07, 6.45) is 3.20. The fraction of sp³-hybridized carbons (Fsp3) is 0.208. The first kappa shape index (κ1) is 22.7. The van der Waals surface area contributed by atoms with Crippen molar-refractivity contribution in [3.05, 3.63) is 83.7 Å². The molecule has 1 amide bonds. The number of nitrogen functional groups attached to an aromatic ring is 1. The predicted octanol–water partition coefficient (Wildman–Crippen LogP) is 2.02. The van der Waals surface area contributed by atoms with E-state index in [2.05, 4.69) is 15.6 Å². The smallest absolute Gasteiger partial charge is 0.312 e. The third kappa shape index (κ3) is 5.29. The maximum absolute atomic E-state index is 12.5. The minimum absolute atomic E-state index is 0.0159. The topological polar surface area (TPSA) is 156 Å². The summed E-state index contributed by atoms with van der Waals surface area (Å²) in [5, 5.41) is 28.1. The van der Waals surface area contributed by atoms with Gasteiger partial charge < -0.3 is 21.0 Å². The van der Waals surface area contributed by atoms with Crippen LogP contribution in [0.4, 0.5) is 0 Å². The van der Waals surface area contributed by atoms with Crippen molar-refractivity contribution < 1.29 is 19.5 Å². The van der Waals surface area contributed by atoms with Gasteiger partial charge in [-0.05, 0) is 17.7 Å². The molecule has 1 aromatic heterocycles. The van der Waals surface area contributed by atoms with E-state index in [-0.39, 0.29) is 24.7 Å². The molecule has 0 spiro atoms. The number of rotatable bonds is 9. The average Bonchev–Trinajstić information content (AvgIpc) is 3.50. The highest BCUT2D eigenvalue weighted by Crippen LogP contribution is 2.20. The molecule has 0 radical (unpaired) electrons. The van der Waals surface area contributed by atoms with Gasteiger partial charge in [-0.2, -0.15) is 5.10 Å². The molecular weight excluding hydrogens is 436 g/mol. The van der Waals surface area contributed by atoms with Crippen molar-refractivity contribution in [2.24, 2.45) is 10.9 Å². The zero-order valence-corrected chi connectivity index (χ0v) is 18.2. The van der Waals surface area contributed by atoms with E-state index in [1.165, 1.54) is 6.20 Å². The molecule has 4 rings (SSSR count). The normalized spacial score (nSPS) is 15.8. The summed E-state index contributed by atoms with van der Waals surface area (Å²) < 4.78 is 1.60. The molecule has 1 aliphatic heterocycles. The minimum Gasteiger partial charge on any atom is -0.481 e. The molecule has 2 heterocycles. The largest absolute Gasteiger partial charge is 0.481 e. The van der Waals surface area contributed by atoms with Gasteiger partial charge in [0.1, 0.15) is 17.9 Å². The van der Waals surface area contributed by atoms with Crippen LogP contribution in [0.3, 0.4) is 0 Å². The van der Waals surface area contributed by atoms with Crippen molar-refractivity contribution in [2.45, 2.75) is 24.9 Å². The molecule has 0 bridgehead atoms. The Hall–Kier alpha value is -4.47. The second-order valence-corrected chi connectivity index (χ2v) is 7.91. The monoisotopic (exact) mass is 460 g/mol. The summed E-state index contributed by atoms with van der Waals surface area (Å²) in [5.74, 6) is -2.32. The Labute approximate surface area is 195 Å². The summed E-state index contributed by atoms with van der Waals surface area (Å²) in [6, 6.07) is 16.4. The first-order valence-corrected chi connectivity index (χ1v) is 10.7. The number of para-hydroxylation sites is 1. The van der Waals surface area contributed by atoms with Crippen LogP contribution in [0.25, 0.3) is 5.69 Å². The van der Waals surface area contributed by atoms with E-state index in [0.29, 0.717) is 23.3 Å². The highest BCUT2D eigenvalue weighted by atomic mass is 16.6. The maximum Gasteiger partial charge on any atom is 0.312 e. The van der Waals surface area contributed by atoms with Gasteiger partial charge in [-0.25, -0.2) is 4.68 Å². The lowest BCUT2D eigenvalue weighted by Crippen LogP contribution is -2.33. The maximum atomic E-state index is 12.5. The molecule has 34 heavy (non-hydrogen) atoms. The molecule has 174 valence electrons. The predicted molar refractivity (Wildman–Crippen MR) is 125 cm³/mol. The van der Waals surface area contributed by atoms with Crippen LogP contribution in [0.2, 0.25) is 0 Å². The number of aliphatic carboxylic acids is 1. The van der Waals surface area contributed by atoms with Crippen LogP contribution in [-0.4, -0.2) is 51.0 Å². The molecule has 0 fully saturated rings. The van der Waals surface area contributed by atoms with E-state index < -0.39 is 18.0 Å². The van der Waals surface area contributed by atoms with Crippen molar-refractivity contribution in [3.63, 3.8) is 0 Å².